The molecule has 2 unspecified atom stereocenters. The van der Waals surface area contributed by atoms with Gasteiger partial charge in [-0.05, 0) is 83.1 Å². The number of methoxy groups -OCH3 is 3. The van der Waals surface area contributed by atoms with Gasteiger partial charge in [0.2, 0.25) is 0 Å². The molecule has 0 fully saturated rings. The Morgan fingerprint density at radius 3 is 2.41 bits per heavy atom. The third-order valence-electron chi connectivity index (χ3n) is 8.23. The van der Waals surface area contributed by atoms with Crippen molar-refractivity contribution >= 4 is 10.9 Å². The summed E-state index contributed by atoms with van der Waals surface area (Å²) in [6, 6.07) is 30.2. The molecule has 4 aromatic carbocycles. The van der Waals surface area contributed by atoms with Crippen LogP contribution in [0.4, 0.5) is 4.39 Å². The molecule has 41 heavy (non-hydrogen) atoms. The van der Waals surface area contributed by atoms with E-state index in [-0.39, 0.29) is 17.9 Å². The maximum absolute atomic E-state index is 13.7. The first kappa shape index (κ1) is 27.1. The Labute approximate surface area is 240 Å². The van der Waals surface area contributed by atoms with Gasteiger partial charge in [-0.15, -0.1) is 0 Å². The van der Waals surface area contributed by atoms with Crippen LogP contribution in [0.3, 0.4) is 0 Å². The van der Waals surface area contributed by atoms with Crippen molar-refractivity contribution in [2.45, 2.75) is 31.5 Å². The first-order valence-corrected chi connectivity index (χ1v) is 14.0. The van der Waals surface area contributed by atoms with Crippen LogP contribution < -0.4 is 9.47 Å². The highest BCUT2D eigenvalue weighted by Crippen LogP contribution is 2.48. The van der Waals surface area contributed by atoms with Crippen LogP contribution >= 0.6 is 0 Å². The van der Waals surface area contributed by atoms with Crippen LogP contribution in [0.15, 0.2) is 91.0 Å². The van der Waals surface area contributed by atoms with Crippen LogP contribution in [0.5, 0.6) is 11.5 Å². The number of nitrogens with zero attached hydrogens (tertiary/aromatic N) is 1. The van der Waals surface area contributed by atoms with E-state index < -0.39 is 0 Å². The van der Waals surface area contributed by atoms with Crippen molar-refractivity contribution in [2.24, 2.45) is 0 Å². The normalized spacial score (nSPS) is 17.6. The van der Waals surface area contributed by atoms with Crippen LogP contribution in [0.2, 0.25) is 0 Å². The zero-order valence-electron chi connectivity index (χ0n) is 23.7. The maximum atomic E-state index is 13.7. The summed E-state index contributed by atoms with van der Waals surface area (Å²) in [5.74, 6) is 1.58. The van der Waals surface area contributed by atoms with E-state index in [1.807, 2.05) is 36.4 Å². The summed E-state index contributed by atoms with van der Waals surface area (Å²) < 4.78 is 29.3. The molecule has 0 aliphatic carbocycles. The fraction of sp³-hybridized carbons (Fsp3) is 0.257. The van der Waals surface area contributed by atoms with Gasteiger partial charge in [-0.3, -0.25) is 4.90 Å². The van der Waals surface area contributed by atoms with Crippen molar-refractivity contribution in [3.8, 4) is 11.5 Å². The quantitative estimate of drug-likeness (QED) is 0.248. The summed E-state index contributed by atoms with van der Waals surface area (Å²) in [4.78, 5) is 6.27. The minimum Gasteiger partial charge on any atom is -0.497 e. The largest absolute Gasteiger partial charge is 0.497 e. The van der Waals surface area contributed by atoms with Crippen LogP contribution in [0, 0.1) is 5.82 Å². The molecule has 0 spiro atoms. The molecule has 6 heteroatoms. The number of aromatic nitrogens is 1. The van der Waals surface area contributed by atoms with Gasteiger partial charge in [0.05, 0.1) is 26.9 Å². The lowest BCUT2D eigenvalue weighted by atomic mass is 9.81. The lowest BCUT2D eigenvalue weighted by Crippen LogP contribution is -2.43. The van der Waals surface area contributed by atoms with E-state index in [2.05, 4.69) is 52.3 Å². The highest BCUT2D eigenvalue weighted by Gasteiger charge is 2.40. The van der Waals surface area contributed by atoms with Crippen molar-refractivity contribution < 1.29 is 18.6 Å². The van der Waals surface area contributed by atoms with Gasteiger partial charge in [0.15, 0.2) is 0 Å². The average Bonchev–Trinajstić information content (AvgIpc) is 3.39. The standard InChI is InChI=1S/C26H23FN2O.C9H12O2/c1-30-19-11-8-16-12-13-29-24(21(16)14-19)15-22-20-4-2-3-5-23(20)28-25(22)26(29)17-6-9-18(27)10-7-17;1-10-7-8-4-3-5-9(6-8)11-2/h2-11,14,24,26,28H,12-13,15H2,1H3;3-6H,7H2,1-2H3. The minimum absolute atomic E-state index is 0.0751. The molecule has 5 nitrogen and oxygen atoms in total. The Kier molecular flexibility index (Phi) is 7.77. The van der Waals surface area contributed by atoms with Gasteiger partial charge in [-0.1, -0.05) is 48.5 Å². The van der Waals surface area contributed by atoms with Crippen molar-refractivity contribution in [3.63, 3.8) is 0 Å². The molecule has 2 aliphatic heterocycles. The molecule has 0 bridgehead atoms. The SMILES string of the molecule is COCc1cccc(OC)c1.COc1ccc2c(c1)C1Cc3c([nH]c4ccccc34)C(c3ccc(F)cc3)N1CC2. The zero-order chi connectivity index (χ0) is 28.3. The molecule has 0 saturated carbocycles. The van der Waals surface area contributed by atoms with E-state index in [1.165, 1.54) is 33.3 Å². The number of H-pyrrole nitrogens is 1. The van der Waals surface area contributed by atoms with Crippen LogP contribution in [-0.2, 0) is 24.2 Å². The Hall–Kier alpha value is -4.13. The summed E-state index contributed by atoms with van der Waals surface area (Å²) in [7, 11) is 5.06. The number of rotatable bonds is 5. The van der Waals surface area contributed by atoms with Gasteiger partial charge < -0.3 is 19.2 Å². The molecule has 0 radical (unpaired) electrons. The van der Waals surface area contributed by atoms with E-state index in [9.17, 15) is 4.39 Å². The van der Waals surface area contributed by atoms with E-state index in [0.29, 0.717) is 6.61 Å². The molecule has 2 aliphatic rings. The number of halogens is 1. The molecule has 5 aromatic rings. The fourth-order valence-corrected chi connectivity index (χ4v) is 6.32. The van der Waals surface area contributed by atoms with Gasteiger partial charge in [-0.2, -0.15) is 0 Å². The molecule has 3 heterocycles. The summed E-state index contributed by atoms with van der Waals surface area (Å²) in [5, 5.41) is 1.29. The lowest BCUT2D eigenvalue weighted by Gasteiger charge is -2.46. The number of fused-ring (bicyclic) bond motifs is 6. The van der Waals surface area contributed by atoms with Gasteiger partial charge in [-0.25, -0.2) is 4.39 Å². The number of nitrogens with one attached hydrogen (secondary N) is 1. The molecule has 1 aromatic heterocycles. The Morgan fingerprint density at radius 2 is 1.63 bits per heavy atom. The van der Waals surface area contributed by atoms with E-state index in [1.54, 1.807) is 33.5 Å². The molecule has 2 atom stereocenters. The highest BCUT2D eigenvalue weighted by molar-refractivity contribution is 5.85. The van der Waals surface area contributed by atoms with Gasteiger partial charge in [0.25, 0.3) is 0 Å². The predicted molar refractivity (Wildman–Crippen MR) is 160 cm³/mol. The van der Waals surface area contributed by atoms with E-state index >= 15 is 0 Å². The second kappa shape index (κ2) is 11.8. The monoisotopic (exact) mass is 550 g/mol. The zero-order valence-corrected chi connectivity index (χ0v) is 23.7. The van der Waals surface area contributed by atoms with Crippen LogP contribution in [-0.4, -0.2) is 37.8 Å². The second-order valence-electron chi connectivity index (χ2n) is 10.6. The molecule has 0 amide bonds. The number of ether oxygens (including phenoxy) is 3. The topological polar surface area (TPSA) is 46.7 Å². The third-order valence-corrected chi connectivity index (χ3v) is 8.23. The van der Waals surface area contributed by atoms with Crippen LogP contribution in [0.25, 0.3) is 10.9 Å². The van der Waals surface area contributed by atoms with E-state index in [4.69, 9.17) is 14.2 Å². The average molecular weight is 551 g/mol. The van der Waals surface area contributed by atoms with Crippen molar-refractivity contribution in [2.75, 3.05) is 27.9 Å². The molecule has 210 valence electrons. The first-order valence-electron chi connectivity index (χ1n) is 14.0. The minimum atomic E-state index is -0.197. The third kappa shape index (κ3) is 5.33. The molecule has 0 saturated heterocycles. The second-order valence-corrected chi connectivity index (χ2v) is 10.6. The molecule has 1 N–H and O–H groups in total. The van der Waals surface area contributed by atoms with Gasteiger partial charge >= 0.3 is 0 Å². The number of hydrogen-bond donors (Lipinski definition) is 1. The first-order chi connectivity index (χ1) is 20.1. The van der Waals surface area contributed by atoms with Crippen molar-refractivity contribution in [1.82, 2.24) is 9.88 Å². The smallest absolute Gasteiger partial charge is 0.123 e. The summed E-state index contributed by atoms with van der Waals surface area (Å²) in [5.41, 5.74) is 8.79. The molecular weight excluding hydrogens is 515 g/mol. The highest BCUT2D eigenvalue weighted by atomic mass is 19.1. The maximum Gasteiger partial charge on any atom is 0.123 e. The number of hydrogen-bond acceptors (Lipinski definition) is 4. The van der Waals surface area contributed by atoms with Crippen molar-refractivity contribution in [1.29, 1.82) is 0 Å². The van der Waals surface area contributed by atoms with Gasteiger partial charge in [0, 0.05) is 36.3 Å². The Balaban J connectivity index is 0.000000233. The van der Waals surface area contributed by atoms with Gasteiger partial charge in [0.1, 0.15) is 17.3 Å². The lowest BCUT2D eigenvalue weighted by molar-refractivity contribution is 0.127. The Morgan fingerprint density at radius 1 is 0.854 bits per heavy atom. The number of para-hydroxylation sites is 1. The molecule has 7 rings (SSSR count). The fourth-order valence-electron chi connectivity index (χ4n) is 6.32. The molecular formula is C35H35FN2O3. The number of benzene rings is 4. The predicted octanol–water partition coefficient (Wildman–Crippen LogP) is 7.40. The number of aromatic amines is 1. The van der Waals surface area contributed by atoms with Crippen molar-refractivity contribution in [3.05, 3.63) is 130 Å². The Bertz CT molecular complexity index is 1650. The summed E-state index contributed by atoms with van der Waals surface area (Å²) >= 11 is 0. The van der Waals surface area contributed by atoms with E-state index in [0.717, 1.165) is 42.0 Å². The summed E-state index contributed by atoms with van der Waals surface area (Å²) in [6.07, 6.45) is 1.96. The summed E-state index contributed by atoms with van der Waals surface area (Å²) in [6.45, 7) is 1.61. The van der Waals surface area contributed by atoms with Crippen LogP contribution in [0.1, 0.15) is 45.6 Å².